The van der Waals surface area contributed by atoms with Crippen molar-refractivity contribution >= 4 is 0 Å². The molecule has 0 saturated heterocycles. The first-order chi connectivity index (χ1) is 7.25. The molecule has 0 aliphatic rings. The number of halogens is 2. The summed E-state index contributed by atoms with van der Waals surface area (Å²) in [4.78, 5) is 3.76. The van der Waals surface area contributed by atoms with Crippen LogP contribution in [0.5, 0.6) is 11.6 Å². The summed E-state index contributed by atoms with van der Waals surface area (Å²) in [6, 6.07) is 8.17. The third-order valence-electron chi connectivity index (χ3n) is 1.70. The molecule has 0 N–H and O–H groups in total. The van der Waals surface area contributed by atoms with Gasteiger partial charge in [-0.25, -0.2) is 13.8 Å². The third kappa shape index (κ3) is 2.28. The molecule has 1 radical (unpaired) electrons. The monoisotopic (exact) mass is 206 g/mol. The molecule has 2 rings (SSSR count). The number of rotatable bonds is 2. The number of ether oxygens (including phenoxy) is 1. The zero-order valence-corrected chi connectivity index (χ0v) is 7.58. The highest BCUT2D eigenvalue weighted by molar-refractivity contribution is 5.27. The van der Waals surface area contributed by atoms with Crippen molar-refractivity contribution in [2.75, 3.05) is 0 Å². The summed E-state index contributed by atoms with van der Waals surface area (Å²) in [7, 11) is 0. The summed E-state index contributed by atoms with van der Waals surface area (Å²) in [5.41, 5.74) is 0. The van der Waals surface area contributed by atoms with Crippen molar-refractivity contribution < 1.29 is 13.5 Å². The van der Waals surface area contributed by atoms with E-state index in [4.69, 9.17) is 4.74 Å². The third-order valence-corrected chi connectivity index (χ3v) is 1.70. The lowest BCUT2D eigenvalue weighted by Crippen LogP contribution is -1.89. The SMILES string of the molecule is Fc1ccc(Oc2ccc[c]n2)cc1F. The second-order valence-electron chi connectivity index (χ2n) is 2.78. The molecule has 0 bridgehead atoms. The van der Waals surface area contributed by atoms with Crippen LogP contribution in [0.15, 0.2) is 36.4 Å². The largest absolute Gasteiger partial charge is 0.439 e. The number of nitrogens with zero attached hydrogens (tertiary/aromatic N) is 1. The van der Waals surface area contributed by atoms with Gasteiger partial charge in [-0.05, 0) is 18.2 Å². The van der Waals surface area contributed by atoms with Crippen LogP contribution in [0.2, 0.25) is 0 Å². The van der Waals surface area contributed by atoms with Gasteiger partial charge in [0.1, 0.15) is 5.75 Å². The molecule has 0 amide bonds. The summed E-state index contributed by atoms with van der Waals surface area (Å²) < 4.78 is 30.5. The lowest BCUT2D eigenvalue weighted by atomic mass is 10.3. The van der Waals surface area contributed by atoms with Gasteiger partial charge in [-0.2, -0.15) is 0 Å². The quantitative estimate of drug-likeness (QED) is 0.753. The van der Waals surface area contributed by atoms with Crippen molar-refractivity contribution in [1.29, 1.82) is 0 Å². The normalized spacial score (nSPS) is 10.0. The van der Waals surface area contributed by atoms with E-state index < -0.39 is 11.6 Å². The van der Waals surface area contributed by atoms with Crippen LogP contribution < -0.4 is 4.74 Å². The molecule has 75 valence electrons. The van der Waals surface area contributed by atoms with Gasteiger partial charge in [0.25, 0.3) is 0 Å². The molecular weight excluding hydrogens is 200 g/mol. The van der Waals surface area contributed by atoms with Crippen LogP contribution in [0.1, 0.15) is 0 Å². The average Bonchev–Trinajstić information content (AvgIpc) is 2.25. The van der Waals surface area contributed by atoms with Gasteiger partial charge in [0.2, 0.25) is 5.88 Å². The van der Waals surface area contributed by atoms with E-state index in [0.717, 1.165) is 12.1 Å². The molecule has 15 heavy (non-hydrogen) atoms. The fourth-order valence-corrected chi connectivity index (χ4v) is 1.03. The predicted molar refractivity (Wildman–Crippen MR) is 49.5 cm³/mol. The smallest absolute Gasteiger partial charge is 0.219 e. The minimum atomic E-state index is -0.951. The molecule has 0 saturated carbocycles. The molecule has 0 spiro atoms. The van der Waals surface area contributed by atoms with Crippen molar-refractivity contribution in [2.24, 2.45) is 0 Å². The standard InChI is InChI=1S/C11H6F2NO/c12-9-5-4-8(7-10(9)13)15-11-3-1-2-6-14-11/h1-5,7H. The van der Waals surface area contributed by atoms with Gasteiger partial charge < -0.3 is 4.74 Å². The number of aromatic nitrogens is 1. The first-order valence-corrected chi connectivity index (χ1v) is 4.22. The van der Waals surface area contributed by atoms with Crippen LogP contribution in [-0.2, 0) is 0 Å². The summed E-state index contributed by atoms with van der Waals surface area (Å²) in [5, 5.41) is 0. The maximum absolute atomic E-state index is 12.8. The number of pyridine rings is 1. The fourth-order valence-electron chi connectivity index (χ4n) is 1.03. The Kier molecular flexibility index (Phi) is 2.58. The van der Waals surface area contributed by atoms with Gasteiger partial charge in [-0.1, -0.05) is 6.07 Å². The maximum Gasteiger partial charge on any atom is 0.219 e. The summed E-state index contributed by atoms with van der Waals surface area (Å²) in [6.45, 7) is 0. The van der Waals surface area contributed by atoms with Gasteiger partial charge in [-0.15, -0.1) is 0 Å². The molecule has 4 heteroatoms. The molecule has 0 unspecified atom stereocenters. The van der Waals surface area contributed by atoms with E-state index in [1.54, 1.807) is 18.2 Å². The molecule has 0 aliphatic carbocycles. The summed E-state index contributed by atoms with van der Waals surface area (Å²) in [5.74, 6) is -1.38. The van der Waals surface area contributed by atoms with E-state index >= 15 is 0 Å². The van der Waals surface area contributed by atoms with Crippen LogP contribution in [0.3, 0.4) is 0 Å². The molecule has 0 fully saturated rings. The van der Waals surface area contributed by atoms with Crippen molar-refractivity contribution in [3.8, 4) is 11.6 Å². The van der Waals surface area contributed by atoms with Crippen molar-refractivity contribution in [3.05, 3.63) is 54.2 Å². The van der Waals surface area contributed by atoms with E-state index in [1.165, 1.54) is 6.07 Å². The van der Waals surface area contributed by atoms with Crippen molar-refractivity contribution in [2.45, 2.75) is 0 Å². The summed E-state index contributed by atoms with van der Waals surface area (Å²) >= 11 is 0. The zero-order chi connectivity index (χ0) is 10.7. The van der Waals surface area contributed by atoms with E-state index in [2.05, 4.69) is 11.2 Å². The van der Waals surface area contributed by atoms with Crippen molar-refractivity contribution in [1.82, 2.24) is 4.98 Å². The Bertz CT molecular complexity index is 459. The van der Waals surface area contributed by atoms with Gasteiger partial charge >= 0.3 is 0 Å². The Morgan fingerprint density at radius 3 is 2.67 bits per heavy atom. The molecule has 2 aromatic rings. The van der Waals surface area contributed by atoms with Crippen molar-refractivity contribution in [3.63, 3.8) is 0 Å². The molecule has 2 nitrogen and oxygen atoms in total. The first-order valence-electron chi connectivity index (χ1n) is 4.22. The highest BCUT2D eigenvalue weighted by Gasteiger charge is 2.04. The second kappa shape index (κ2) is 4.04. The number of hydrogen-bond donors (Lipinski definition) is 0. The Morgan fingerprint density at radius 1 is 1.13 bits per heavy atom. The number of benzene rings is 1. The minimum Gasteiger partial charge on any atom is -0.439 e. The maximum atomic E-state index is 12.8. The fraction of sp³-hybridized carbons (Fsp3) is 0. The molecule has 0 atom stereocenters. The molecule has 1 heterocycles. The minimum absolute atomic E-state index is 0.195. The van der Waals surface area contributed by atoms with Gasteiger partial charge in [0.15, 0.2) is 11.6 Å². The Morgan fingerprint density at radius 2 is 2.00 bits per heavy atom. The Balaban J connectivity index is 2.22. The highest BCUT2D eigenvalue weighted by Crippen LogP contribution is 2.20. The lowest BCUT2D eigenvalue weighted by molar-refractivity contribution is 0.447. The first kappa shape index (κ1) is 9.58. The zero-order valence-electron chi connectivity index (χ0n) is 7.58. The molecule has 1 aromatic heterocycles. The lowest BCUT2D eigenvalue weighted by Gasteiger charge is -2.03. The summed E-state index contributed by atoms with van der Waals surface area (Å²) in [6.07, 6.45) is 2.56. The van der Waals surface area contributed by atoms with Crippen LogP contribution in [0.25, 0.3) is 0 Å². The van der Waals surface area contributed by atoms with Crippen LogP contribution >= 0.6 is 0 Å². The predicted octanol–water partition coefficient (Wildman–Crippen LogP) is 2.95. The average molecular weight is 206 g/mol. The van der Waals surface area contributed by atoms with Crippen LogP contribution in [0.4, 0.5) is 8.78 Å². The molecular formula is C11H6F2NO. The van der Waals surface area contributed by atoms with Gasteiger partial charge in [0, 0.05) is 12.1 Å². The van der Waals surface area contributed by atoms with E-state index in [1.807, 2.05) is 0 Å². The van der Waals surface area contributed by atoms with E-state index in [-0.39, 0.29) is 11.6 Å². The molecule has 0 aliphatic heterocycles. The number of hydrogen-bond acceptors (Lipinski definition) is 2. The topological polar surface area (TPSA) is 22.1 Å². The second-order valence-corrected chi connectivity index (χ2v) is 2.78. The highest BCUT2D eigenvalue weighted by atomic mass is 19.2. The van der Waals surface area contributed by atoms with Gasteiger partial charge in [0.05, 0.1) is 6.20 Å². The Hall–Kier alpha value is -1.97. The molecule has 1 aromatic carbocycles. The van der Waals surface area contributed by atoms with Gasteiger partial charge in [-0.3, -0.25) is 0 Å². The van der Waals surface area contributed by atoms with E-state index in [9.17, 15) is 8.78 Å². The van der Waals surface area contributed by atoms with Crippen LogP contribution in [-0.4, -0.2) is 4.98 Å². The Labute approximate surface area is 85.2 Å². The van der Waals surface area contributed by atoms with E-state index in [0.29, 0.717) is 0 Å². The van der Waals surface area contributed by atoms with Crippen LogP contribution in [0, 0.1) is 17.8 Å².